The molecule has 0 bridgehead atoms. The number of hydrogen-bond donors (Lipinski definition) is 2. The second kappa shape index (κ2) is 9.86. The number of piperidine rings is 1. The Bertz CT molecular complexity index is 1280. The Morgan fingerprint density at radius 3 is 2.65 bits per heavy atom. The number of pyridine rings is 1. The summed E-state index contributed by atoms with van der Waals surface area (Å²) in [6, 6.07) is 10.0. The fraction of sp³-hybridized carbons (Fsp3) is 0.320. The molecular weight excluding hydrogens is 432 g/mol. The van der Waals surface area contributed by atoms with Crippen LogP contribution in [0, 0.1) is 0 Å². The van der Waals surface area contributed by atoms with E-state index >= 15 is 0 Å². The van der Waals surface area contributed by atoms with Gasteiger partial charge in [0.15, 0.2) is 0 Å². The normalized spacial score (nSPS) is 15.9. The Balaban J connectivity index is 1.47. The number of aromatic nitrogens is 3. The SMILES string of the molecule is C=CC(=O)Nc1ccc(C(=O)N2CCC[C@H](Nc3ncc4ccc(=O)n(C(C)C)c4n3)C2)cc1. The largest absolute Gasteiger partial charge is 0.350 e. The molecule has 9 nitrogen and oxygen atoms in total. The lowest BCUT2D eigenvalue weighted by Gasteiger charge is -2.33. The standard InChI is InChI=1S/C25H28N6O3/c1-4-21(32)27-19-10-7-17(8-11-19)24(34)30-13-5-6-20(15-30)28-25-26-14-18-9-12-22(33)31(16(2)3)23(18)29-25/h4,7-12,14,16,20H,1,5-6,13,15H2,2-3H3,(H,27,32)(H,26,28,29)/t20-/m0/s1. The third-order valence-electron chi connectivity index (χ3n) is 5.81. The van der Waals surface area contributed by atoms with E-state index in [0.29, 0.717) is 35.9 Å². The smallest absolute Gasteiger partial charge is 0.253 e. The van der Waals surface area contributed by atoms with Crippen LogP contribution < -0.4 is 16.2 Å². The van der Waals surface area contributed by atoms with Gasteiger partial charge in [-0.15, -0.1) is 0 Å². The molecule has 0 unspecified atom stereocenters. The van der Waals surface area contributed by atoms with E-state index in [1.807, 2.05) is 18.7 Å². The maximum absolute atomic E-state index is 13.0. The minimum Gasteiger partial charge on any atom is -0.350 e. The Kier molecular flexibility index (Phi) is 6.72. The van der Waals surface area contributed by atoms with Crippen molar-refractivity contribution in [3.8, 4) is 0 Å². The molecule has 2 aromatic heterocycles. The summed E-state index contributed by atoms with van der Waals surface area (Å²) in [5.41, 5.74) is 1.65. The molecule has 2 amide bonds. The average Bonchev–Trinajstić information content (AvgIpc) is 2.83. The van der Waals surface area contributed by atoms with Gasteiger partial charge in [0.05, 0.1) is 0 Å². The number of carbonyl (C=O) groups is 2. The highest BCUT2D eigenvalue weighted by Crippen LogP contribution is 2.20. The van der Waals surface area contributed by atoms with E-state index in [0.717, 1.165) is 18.2 Å². The van der Waals surface area contributed by atoms with Crippen LogP contribution in [0.3, 0.4) is 0 Å². The first-order valence-electron chi connectivity index (χ1n) is 11.3. The quantitative estimate of drug-likeness (QED) is 0.547. The summed E-state index contributed by atoms with van der Waals surface area (Å²) in [5, 5.41) is 6.81. The maximum atomic E-state index is 13.0. The molecule has 3 heterocycles. The van der Waals surface area contributed by atoms with Crippen molar-refractivity contribution in [3.05, 3.63) is 71.2 Å². The molecule has 2 N–H and O–H groups in total. The van der Waals surface area contributed by atoms with Crippen LogP contribution in [0.5, 0.6) is 0 Å². The first-order valence-corrected chi connectivity index (χ1v) is 11.3. The van der Waals surface area contributed by atoms with Crippen LogP contribution in [0.15, 0.2) is 60.0 Å². The summed E-state index contributed by atoms with van der Waals surface area (Å²) in [6.45, 7) is 8.50. The molecule has 1 saturated heterocycles. The van der Waals surface area contributed by atoms with Gasteiger partial charge in [-0.3, -0.25) is 19.0 Å². The van der Waals surface area contributed by atoms with E-state index in [-0.39, 0.29) is 29.5 Å². The van der Waals surface area contributed by atoms with E-state index in [2.05, 4.69) is 27.2 Å². The summed E-state index contributed by atoms with van der Waals surface area (Å²) in [5.74, 6) is 0.0700. The summed E-state index contributed by atoms with van der Waals surface area (Å²) < 4.78 is 1.65. The van der Waals surface area contributed by atoms with Crippen LogP contribution >= 0.6 is 0 Å². The fourth-order valence-electron chi connectivity index (χ4n) is 4.14. The van der Waals surface area contributed by atoms with Gasteiger partial charge in [-0.1, -0.05) is 6.58 Å². The monoisotopic (exact) mass is 460 g/mol. The van der Waals surface area contributed by atoms with Crippen molar-refractivity contribution in [1.82, 2.24) is 19.4 Å². The van der Waals surface area contributed by atoms with Crippen LogP contribution in [-0.2, 0) is 4.79 Å². The Morgan fingerprint density at radius 2 is 1.94 bits per heavy atom. The third-order valence-corrected chi connectivity index (χ3v) is 5.81. The second-order valence-electron chi connectivity index (χ2n) is 8.61. The summed E-state index contributed by atoms with van der Waals surface area (Å²) in [4.78, 5) is 47.7. The zero-order valence-corrected chi connectivity index (χ0v) is 19.3. The van der Waals surface area contributed by atoms with E-state index in [9.17, 15) is 14.4 Å². The van der Waals surface area contributed by atoms with E-state index in [1.165, 1.54) is 12.1 Å². The number of carbonyl (C=O) groups excluding carboxylic acids is 2. The van der Waals surface area contributed by atoms with E-state index < -0.39 is 0 Å². The molecular formula is C25H28N6O3. The van der Waals surface area contributed by atoms with Crippen LogP contribution in [0.25, 0.3) is 11.0 Å². The lowest BCUT2D eigenvalue weighted by atomic mass is 10.0. The van der Waals surface area contributed by atoms with Gasteiger partial charge < -0.3 is 15.5 Å². The molecule has 9 heteroatoms. The van der Waals surface area contributed by atoms with Gasteiger partial charge in [0, 0.05) is 54.1 Å². The molecule has 1 atom stereocenters. The maximum Gasteiger partial charge on any atom is 0.253 e. The molecule has 34 heavy (non-hydrogen) atoms. The topological polar surface area (TPSA) is 109 Å². The number of fused-ring (bicyclic) bond motifs is 1. The molecule has 3 aromatic rings. The number of likely N-dealkylation sites (tertiary alicyclic amines) is 1. The highest BCUT2D eigenvalue weighted by Gasteiger charge is 2.25. The zero-order chi connectivity index (χ0) is 24.2. The molecule has 4 rings (SSSR count). The van der Waals surface area contributed by atoms with Crippen molar-refractivity contribution in [1.29, 1.82) is 0 Å². The van der Waals surface area contributed by atoms with Gasteiger partial charge in [0.25, 0.3) is 11.5 Å². The first kappa shape index (κ1) is 23.2. The Labute approximate surface area is 197 Å². The van der Waals surface area contributed by atoms with E-state index in [4.69, 9.17) is 0 Å². The molecule has 0 radical (unpaired) electrons. The number of benzene rings is 1. The van der Waals surface area contributed by atoms with Crippen molar-refractivity contribution in [2.75, 3.05) is 23.7 Å². The van der Waals surface area contributed by atoms with Crippen LogP contribution in [0.1, 0.15) is 43.1 Å². The van der Waals surface area contributed by atoms with Crippen molar-refractivity contribution >= 4 is 34.5 Å². The minimum atomic E-state index is -0.301. The predicted octanol–water partition coefficient (Wildman–Crippen LogP) is 3.21. The molecule has 0 aliphatic carbocycles. The molecule has 1 fully saturated rings. The summed E-state index contributed by atoms with van der Waals surface area (Å²) >= 11 is 0. The van der Waals surface area contributed by atoms with Gasteiger partial charge in [-0.25, -0.2) is 4.98 Å². The molecule has 1 aromatic carbocycles. The van der Waals surface area contributed by atoms with Gasteiger partial charge in [0.1, 0.15) is 5.65 Å². The third kappa shape index (κ3) is 4.98. The lowest BCUT2D eigenvalue weighted by Crippen LogP contribution is -2.45. The number of nitrogens with one attached hydrogen (secondary N) is 2. The Morgan fingerprint density at radius 1 is 1.18 bits per heavy atom. The van der Waals surface area contributed by atoms with Gasteiger partial charge >= 0.3 is 0 Å². The van der Waals surface area contributed by atoms with Crippen molar-refractivity contribution < 1.29 is 9.59 Å². The number of rotatable bonds is 6. The Hall–Kier alpha value is -4.01. The molecule has 1 aliphatic heterocycles. The van der Waals surface area contributed by atoms with Gasteiger partial charge in [0.2, 0.25) is 11.9 Å². The van der Waals surface area contributed by atoms with Crippen LogP contribution in [0.4, 0.5) is 11.6 Å². The number of amides is 2. The number of anilines is 2. The van der Waals surface area contributed by atoms with Crippen LogP contribution in [0.2, 0.25) is 0 Å². The van der Waals surface area contributed by atoms with Crippen molar-refractivity contribution in [2.24, 2.45) is 0 Å². The first-order chi connectivity index (χ1) is 16.4. The molecule has 0 saturated carbocycles. The molecule has 0 spiro atoms. The van der Waals surface area contributed by atoms with E-state index in [1.54, 1.807) is 41.1 Å². The highest BCUT2D eigenvalue weighted by atomic mass is 16.2. The fourth-order valence-corrected chi connectivity index (χ4v) is 4.14. The van der Waals surface area contributed by atoms with Gasteiger partial charge in [-0.05, 0) is 63.1 Å². The van der Waals surface area contributed by atoms with Crippen LogP contribution in [-0.4, -0.2) is 50.4 Å². The number of nitrogens with zero attached hydrogens (tertiary/aromatic N) is 4. The zero-order valence-electron chi connectivity index (χ0n) is 19.3. The lowest BCUT2D eigenvalue weighted by molar-refractivity contribution is -0.111. The number of hydrogen-bond acceptors (Lipinski definition) is 6. The summed E-state index contributed by atoms with van der Waals surface area (Å²) in [6.07, 6.45) is 4.63. The molecule has 176 valence electrons. The van der Waals surface area contributed by atoms with Gasteiger partial charge in [-0.2, -0.15) is 4.98 Å². The molecule has 1 aliphatic rings. The predicted molar refractivity (Wildman–Crippen MR) is 132 cm³/mol. The van der Waals surface area contributed by atoms with Crippen molar-refractivity contribution in [3.63, 3.8) is 0 Å². The second-order valence-corrected chi connectivity index (χ2v) is 8.61. The summed E-state index contributed by atoms with van der Waals surface area (Å²) in [7, 11) is 0. The highest BCUT2D eigenvalue weighted by molar-refractivity contribution is 5.99. The minimum absolute atomic E-state index is 0.00997. The van der Waals surface area contributed by atoms with Crippen molar-refractivity contribution in [2.45, 2.75) is 38.8 Å². The average molecular weight is 461 g/mol.